The van der Waals surface area contributed by atoms with E-state index in [2.05, 4.69) is 22.7 Å². The number of carbonyl (C=O) groups is 1. The number of aromatic nitrogens is 2. The number of aliphatic hydroxyl groups excluding tert-OH is 1. The zero-order chi connectivity index (χ0) is 15.8. The second-order valence-corrected chi connectivity index (χ2v) is 6.06. The first-order chi connectivity index (χ1) is 10.7. The van der Waals surface area contributed by atoms with Crippen molar-refractivity contribution < 1.29 is 9.90 Å². The Bertz CT molecular complexity index is 449. The van der Waals surface area contributed by atoms with Gasteiger partial charge in [-0.2, -0.15) is 5.10 Å². The third-order valence-electron chi connectivity index (χ3n) is 4.27. The molecule has 1 fully saturated rings. The molecule has 1 aliphatic heterocycles. The summed E-state index contributed by atoms with van der Waals surface area (Å²) in [7, 11) is 0. The van der Waals surface area contributed by atoms with Crippen LogP contribution in [0.15, 0.2) is 12.3 Å². The maximum atomic E-state index is 12.2. The highest BCUT2D eigenvalue weighted by Gasteiger charge is 2.18. The first kappa shape index (κ1) is 17.0. The van der Waals surface area contributed by atoms with Crippen LogP contribution in [0.3, 0.4) is 0 Å². The van der Waals surface area contributed by atoms with E-state index >= 15 is 0 Å². The lowest BCUT2D eigenvalue weighted by molar-refractivity contribution is 0.0936. The zero-order valence-electron chi connectivity index (χ0n) is 13.4. The van der Waals surface area contributed by atoms with Gasteiger partial charge in [-0.05, 0) is 44.2 Å². The number of carbonyl (C=O) groups excluding carboxylic acids is 1. The van der Waals surface area contributed by atoms with Gasteiger partial charge < -0.3 is 15.7 Å². The summed E-state index contributed by atoms with van der Waals surface area (Å²) >= 11 is 0. The second-order valence-electron chi connectivity index (χ2n) is 6.06. The minimum absolute atomic E-state index is 0.124. The molecule has 0 radical (unpaired) electrons. The summed E-state index contributed by atoms with van der Waals surface area (Å²) in [6, 6.07) is 2.13. The van der Waals surface area contributed by atoms with Gasteiger partial charge in [0.05, 0.1) is 6.04 Å². The summed E-state index contributed by atoms with van der Waals surface area (Å²) in [5.41, 5.74) is 0.477. The molecule has 1 aromatic rings. The summed E-state index contributed by atoms with van der Waals surface area (Å²) in [4.78, 5) is 12.2. The minimum Gasteiger partial charge on any atom is -0.396 e. The van der Waals surface area contributed by atoms with Gasteiger partial charge in [-0.1, -0.05) is 13.3 Å². The van der Waals surface area contributed by atoms with Gasteiger partial charge in [0.15, 0.2) is 0 Å². The predicted octanol–water partition coefficient (Wildman–Crippen LogP) is 1.34. The summed E-state index contributed by atoms with van der Waals surface area (Å²) in [6.45, 7) is 4.87. The van der Waals surface area contributed by atoms with Crippen molar-refractivity contribution in [1.29, 1.82) is 0 Å². The maximum absolute atomic E-state index is 12.2. The summed E-state index contributed by atoms with van der Waals surface area (Å²) in [5, 5.41) is 19.8. The van der Waals surface area contributed by atoms with Crippen LogP contribution in [0.2, 0.25) is 0 Å². The molecule has 2 rings (SSSR count). The van der Waals surface area contributed by atoms with Crippen LogP contribution in [0.1, 0.15) is 55.6 Å². The number of nitrogens with zero attached hydrogens (tertiary/aromatic N) is 2. The molecule has 0 saturated carbocycles. The third-order valence-corrected chi connectivity index (χ3v) is 4.27. The smallest absolute Gasteiger partial charge is 0.271 e. The molecule has 0 bridgehead atoms. The van der Waals surface area contributed by atoms with Crippen molar-refractivity contribution in [2.45, 2.75) is 45.1 Å². The number of hydrogen-bond acceptors (Lipinski definition) is 4. The standard InChI is InChI=1S/C16H28N4O2/c1-2-4-13(7-10-21)11-18-16(22)15-6-9-20(19-15)14-5-3-8-17-12-14/h6,9,13-14,17,21H,2-5,7-8,10-12H2,1H3,(H,18,22). The predicted molar refractivity (Wildman–Crippen MR) is 85.8 cm³/mol. The number of nitrogens with one attached hydrogen (secondary N) is 2. The summed E-state index contributed by atoms with van der Waals surface area (Å²) < 4.78 is 1.90. The molecule has 6 heteroatoms. The summed E-state index contributed by atoms with van der Waals surface area (Å²) in [6.07, 6.45) is 6.95. The highest BCUT2D eigenvalue weighted by Crippen LogP contribution is 2.16. The van der Waals surface area contributed by atoms with Crippen LogP contribution >= 0.6 is 0 Å². The first-order valence-electron chi connectivity index (χ1n) is 8.39. The lowest BCUT2D eigenvalue weighted by atomic mass is 10.0. The van der Waals surface area contributed by atoms with Crippen molar-refractivity contribution in [3.05, 3.63) is 18.0 Å². The van der Waals surface area contributed by atoms with Gasteiger partial charge in [0, 0.05) is 25.9 Å². The van der Waals surface area contributed by atoms with E-state index in [4.69, 9.17) is 5.11 Å². The van der Waals surface area contributed by atoms with E-state index in [1.54, 1.807) is 6.07 Å². The SMILES string of the molecule is CCCC(CCO)CNC(=O)c1ccn(C2CCCNC2)n1. The normalized spacial score (nSPS) is 19.8. The van der Waals surface area contributed by atoms with Crippen molar-refractivity contribution in [3.8, 4) is 0 Å². The molecule has 1 amide bonds. The van der Waals surface area contributed by atoms with Gasteiger partial charge in [-0.3, -0.25) is 9.48 Å². The Morgan fingerprint density at radius 1 is 1.59 bits per heavy atom. The number of hydrogen-bond donors (Lipinski definition) is 3. The van der Waals surface area contributed by atoms with Crippen LogP contribution in [-0.4, -0.2) is 47.0 Å². The largest absolute Gasteiger partial charge is 0.396 e. The Morgan fingerprint density at radius 2 is 2.45 bits per heavy atom. The highest BCUT2D eigenvalue weighted by molar-refractivity contribution is 5.92. The second kappa shape index (κ2) is 8.90. The molecule has 0 aliphatic carbocycles. The fourth-order valence-corrected chi connectivity index (χ4v) is 2.99. The molecule has 6 nitrogen and oxygen atoms in total. The fraction of sp³-hybridized carbons (Fsp3) is 0.750. The number of rotatable bonds is 8. The number of aliphatic hydroxyl groups is 1. The quantitative estimate of drug-likeness (QED) is 0.677. The molecular weight excluding hydrogens is 280 g/mol. The van der Waals surface area contributed by atoms with Crippen LogP contribution in [0.5, 0.6) is 0 Å². The summed E-state index contributed by atoms with van der Waals surface area (Å²) in [5.74, 6) is 0.213. The Kier molecular flexibility index (Phi) is 6.86. The average Bonchev–Trinajstić information content (AvgIpc) is 3.04. The third kappa shape index (κ3) is 4.81. The lowest BCUT2D eigenvalue weighted by Crippen LogP contribution is -2.32. The topological polar surface area (TPSA) is 79.2 Å². The monoisotopic (exact) mass is 308 g/mol. The molecule has 2 atom stereocenters. The van der Waals surface area contributed by atoms with Crippen LogP contribution in [0.4, 0.5) is 0 Å². The van der Waals surface area contributed by atoms with Gasteiger partial charge in [0.25, 0.3) is 5.91 Å². The fourth-order valence-electron chi connectivity index (χ4n) is 2.99. The number of amides is 1. The van der Waals surface area contributed by atoms with Crippen LogP contribution in [-0.2, 0) is 0 Å². The number of piperidine rings is 1. The molecule has 2 heterocycles. The van der Waals surface area contributed by atoms with Crippen molar-refractivity contribution >= 4 is 5.91 Å². The van der Waals surface area contributed by atoms with E-state index in [9.17, 15) is 4.79 Å². The van der Waals surface area contributed by atoms with E-state index in [0.717, 1.165) is 45.2 Å². The van der Waals surface area contributed by atoms with Crippen LogP contribution in [0, 0.1) is 5.92 Å². The van der Waals surface area contributed by atoms with E-state index in [1.807, 2.05) is 10.9 Å². The molecule has 0 spiro atoms. The van der Waals surface area contributed by atoms with Crippen molar-refractivity contribution in [3.63, 3.8) is 0 Å². The molecule has 1 aromatic heterocycles. The van der Waals surface area contributed by atoms with Crippen LogP contribution in [0.25, 0.3) is 0 Å². The average molecular weight is 308 g/mol. The van der Waals surface area contributed by atoms with Crippen molar-refractivity contribution in [2.75, 3.05) is 26.2 Å². The maximum Gasteiger partial charge on any atom is 0.271 e. The Labute approximate surface area is 132 Å². The lowest BCUT2D eigenvalue weighted by Gasteiger charge is -2.22. The molecule has 0 aromatic carbocycles. The molecule has 2 unspecified atom stereocenters. The van der Waals surface area contributed by atoms with E-state index < -0.39 is 0 Å². The Balaban J connectivity index is 1.85. The Hall–Kier alpha value is -1.40. The molecular formula is C16H28N4O2. The zero-order valence-corrected chi connectivity index (χ0v) is 13.4. The van der Waals surface area contributed by atoms with E-state index in [1.165, 1.54) is 0 Å². The van der Waals surface area contributed by atoms with Gasteiger partial charge >= 0.3 is 0 Å². The minimum atomic E-state index is -0.124. The molecule has 22 heavy (non-hydrogen) atoms. The molecule has 1 saturated heterocycles. The molecule has 1 aliphatic rings. The van der Waals surface area contributed by atoms with Gasteiger partial charge in [0.1, 0.15) is 5.69 Å². The van der Waals surface area contributed by atoms with Crippen LogP contribution < -0.4 is 10.6 Å². The van der Waals surface area contributed by atoms with Crippen molar-refractivity contribution in [1.82, 2.24) is 20.4 Å². The van der Waals surface area contributed by atoms with Gasteiger partial charge in [-0.15, -0.1) is 0 Å². The first-order valence-corrected chi connectivity index (χ1v) is 8.39. The van der Waals surface area contributed by atoms with E-state index in [0.29, 0.717) is 24.2 Å². The van der Waals surface area contributed by atoms with E-state index in [-0.39, 0.29) is 12.5 Å². The highest BCUT2D eigenvalue weighted by atomic mass is 16.3. The van der Waals surface area contributed by atoms with Gasteiger partial charge in [-0.25, -0.2) is 0 Å². The van der Waals surface area contributed by atoms with Crippen molar-refractivity contribution in [2.24, 2.45) is 5.92 Å². The Morgan fingerprint density at radius 3 is 3.14 bits per heavy atom. The molecule has 3 N–H and O–H groups in total. The van der Waals surface area contributed by atoms with Gasteiger partial charge in [0.2, 0.25) is 0 Å². The molecule has 124 valence electrons.